The van der Waals surface area contributed by atoms with Crippen LogP contribution >= 0.6 is 0 Å². The van der Waals surface area contributed by atoms with Gasteiger partial charge in [0.15, 0.2) is 6.10 Å². The zero-order valence-electron chi connectivity index (χ0n) is 42.4. The minimum Gasteiger partial charge on any atom is -0.462 e. The topological polar surface area (TPSA) is 78.9 Å². The predicted octanol–water partition coefficient (Wildman–Crippen LogP) is 17.7. The summed E-state index contributed by atoms with van der Waals surface area (Å²) in [6, 6.07) is 0. The Morgan fingerprint density at radius 2 is 0.652 bits per heavy atom. The van der Waals surface area contributed by atoms with Crippen LogP contribution in [0.3, 0.4) is 0 Å². The molecule has 0 amide bonds. The summed E-state index contributed by atoms with van der Waals surface area (Å²) in [5, 5.41) is 0. The Morgan fingerprint density at radius 3 is 1.06 bits per heavy atom. The Bertz CT molecular complexity index is 1420. The molecule has 0 saturated carbocycles. The van der Waals surface area contributed by atoms with Crippen LogP contribution in [0.2, 0.25) is 0 Å². The second kappa shape index (κ2) is 53.4. The molecule has 0 N–H and O–H groups in total. The van der Waals surface area contributed by atoms with Crippen LogP contribution < -0.4 is 0 Å². The van der Waals surface area contributed by atoms with E-state index in [1.165, 1.54) is 70.6 Å². The monoisotopic (exact) mass is 913 g/mol. The molecule has 0 aliphatic heterocycles. The molecular weight excluding hydrogens is 817 g/mol. The number of hydrogen-bond donors (Lipinski definition) is 0. The number of ether oxygens (including phenoxy) is 3. The average Bonchev–Trinajstić information content (AvgIpc) is 3.31. The van der Waals surface area contributed by atoms with Crippen molar-refractivity contribution in [2.45, 2.75) is 226 Å². The van der Waals surface area contributed by atoms with Gasteiger partial charge >= 0.3 is 17.9 Å². The first-order valence-electron chi connectivity index (χ1n) is 26.6. The number of carbonyl (C=O) groups is 3. The molecular formula is C60H96O6. The van der Waals surface area contributed by atoms with Gasteiger partial charge in [-0.3, -0.25) is 14.4 Å². The van der Waals surface area contributed by atoms with Gasteiger partial charge in [0.1, 0.15) is 13.2 Å². The maximum Gasteiger partial charge on any atom is 0.306 e. The lowest BCUT2D eigenvalue weighted by atomic mass is 10.1. The van der Waals surface area contributed by atoms with Crippen LogP contribution in [-0.2, 0) is 28.6 Å². The van der Waals surface area contributed by atoms with Crippen molar-refractivity contribution in [1.29, 1.82) is 0 Å². The predicted molar refractivity (Wildman–Crippen MR) is 283 cm³/mol. The van der Waals surface area contributed by atoms with Gasteiger partial charge in [-0.2, -0.15) is 0 Å². The maximum absolute atomic E-state index is 12.8. The largest absolute Gasteiger partial charge is 0.462 e. The molecule has 6 nitrogen and oxygen atoms in total. The van der Waals surface area contributed by atoms with Crippen LogP contribution in [0.5, 0.6) is 0 Å². The van der Waals surface area contributed by atoms with Gasteiger partial charge in [-0.15, -0.1) is 0 Å². The standard InChI is InChI=1S/C60H96O6/c1-4-7-10-13-16-19-22-25-27-29-31-32-35-38-41-44-47-50-53-59(62)65-56-57(55-64-58(61)52-49-46-43-40-37-34-24-21-18-15-12-9-6-3)66-60(63)54-51-48-45-42-39-36-33-30-28-26-23-20-17-14-11-8-5-2/h9,12,15-22,24-29,31-32,34,37,57H,4-8,10-11,13-14,23,30,33,35-36,38-56H2,1-3H3/b12-9+,18-15+,19-16+,20-17+,24-21+,25-22+,28-26+,29-27+,32-31+,37-34+. The summed E-state index contributed by atoms with van der Waals surface area (Å²) < 4.78 is 16.8. The molecule has 66 heavy (non-hydrogen) atoms. The summed E-state index contributed by atoms with van der Waals surface area (Å²) in [7, 11) is 0. The van der Waals surface area contributed by atoms with E-state index in [4.69, 9.17) is 14.2 Å². The molecule has 0 bridgehead atoms. The highest BCUT2D eigenvalue weighted by Gasteiger charge is 2.19. The van der Waals surface area contributed by atoms with Crippen LogP contribution in [0.1, 0.15) is 220 Å². The van der Waals surface area contributed by atoms with E-state index in [-0.39, 0.29) is 31.1 Å². The second-order valence-corrected chi connectivity index (χ2v) is 17.2. The molecule has 0 aromatic rings. The van der Waals surface area contributed by atoms with E-state index in [1.54, 1.807) is 0 Å². The van der Waals surface area contributed by atoms with Gasteiger partial charge in [-0.1, -0.05) is 226 Å². The number of unbranched alkanes of at least 4 members (excludes halogenated alkanes) is 21. The van der Waals surface area contributed by atoms with Crippen molar-refractivity contribution >= 4 is 17.9 Å². The highest BCUT2D eigenvalue weighted by atomic mass is 16.6. The Balaban J connectivity index is 4.52. The summed E-state index contributed by atoms with van der Waals surface area (Å²) in [6.45, 7) is 6.36. The van der Waals surface area contributed by atoms with Gasteiger partial charge < -0.3 is 14.2 Å². The summed E-state index contributed by atoms with van der Waals surface area (Å²) >= 11 is 0. The van der Waals surface area contributed by atoms with Gasteiger partial charge in [0.25, 0.3) is 0 Å². The molecule has 0 aromatic heterocycles. The van der Waals surface area contributed by atoms with Gasteiger partial charge in [-0.25, -0.2) is 0 Å². The Morgan fingerprint density at radius 1 is 0.333 bits per heavy atom. The molecule has 0 aromatic carbocycles. The number of esters is 3. The zero-order valence-corrected chi connectivity index (χ0v) is 42.4. The number of rotatable bonds is 46. The van der Waals surface area contributed by atoms with E-state index in [9.17, 15) is 14.4 Å². The third-order valence-corrected chi connectivity index (χ3v) is 10.9. The van der Waals surface area contributed by atoms with E-state index in [1.807, 2.05) is 36.5 Å². The lowest BCUT2D eigenvalue weighted by molar-refractivity contribution is -0.167. The first-order chi connectivity index (χ1) is 32.5. The molecule has 0 rings (SSSR count). The Kier molecular flexibility index (Phi) is 50.0. The number of carbonyl (C=O) groups excluding carboxylic acids is 3. The summed E-state index contributed by atoms with van der Waals surface area (Å²) in [5.41, 5.74) is 0. The molecule has 0 spiro atoms. The molecule has 0 aliphatic carbocycles. The third-order valence-electron chi connectivity index (χ3n) is 10.9. The van der Waals surface area contributed by atoms with Crippen LogP contribution in [0.4, 0.5) is 0 Å². The SMILES string of the molecule is CC/C=C/C=C/C=C/C=C/CCCCCC(=O)OCC(COC(=O)CCCCCCC/C=C/C=C/C=C/C=C/CCCCC)OC(=O)CCCCCCCCC/C=C/C/C=C/CCCCC. The summed E-state index contributed by atoms with van der Waals surface area (Å²) in [6.07, 6.45) is 73.2. The van der Waals surface area contributed by atoms with Gasteiger partial charge in [0, 0.05) is 19.3 Å². The third kappa shape index (κ3) is 50.8. The van der Waals surface area contributed by atoms with Crippen LogP contribution in [-0.4, -0.2) is 37.2 Å². The lowest BCUT2D eigenvalue weighted by Gasteiger charge is -2.18. The molecule has 0 aliphatic rings. The molecule has 6 heteroatoms. The van der Waals surface area contributed by atoms with Crippen LogP contribution in [0.15, 0.2) is 122 Å². The fraction of sp³-hybridized carbons (Fsp3) is 0.617. The van der Waals surface area contributed by atoms with Crippen molar-refractivity contribution in [3.8, 4) is 0 Å². The summed E-state index contributed by atoms with van der Waals surface area (Å²) in [4.78, 5) is 38.0. The lowest BCUT2D eigenvalue weighted by Crippen LogP contribution is -2.30. The minimum atomic E-state index is -0.812. The highest BCUT2D eigenvalue weighted by molar-refractivity contribution is 5.71. The van der Waals surface area contributed by atoms with Crippen molar-refractivity contribution in [2.24, 2.45) is 0 Å². The molecule has 0 saturated heterocycles. The van der Waals surface area contributed by atoms with Crippen molar-refractivity contribution < 1.29 is 28.6 Å². The van der Waals surface area contributed by atoms with E-state index < -0.39 is 6.10 Å². The molecule has 1 atom stereocenters. The molecule has 0 fully saturated rings. The first-order valence-corrected chi connectivity index (χ1v) is 26.6. The number of hydrogen-bond acceptors (Lipinski definition) is 6. The van der Waals surface area contributed by atoms with Gasteiger partial charge in [0.2, 0.25) is 0 Å². The quantitative estimate of drug-likeness (QED) is 0.0199. The Hall–Kier alpha value is -4.19. The highest BCUT2D eigenvalue weighted by Crippen LogP contribution is 2.13. The van der Waals surface area contributed by atoms with Crippen molar-refractivity contribution in [3.05, 3.63) is 122 Å². The fourth-order valence-electron chi connectivity index (χ4n) is 6.85. The van der Waals surface area contributed by atoms with Crippen molar-refractivity contribution in [1.82, 2.24) is 0 Å². The van der Waals surface area contributed by atoms with Crippen LogP contribution in [0.25, 0.3) is 0 Å². The Labute approximate surface area is 405 Å². The fourth-order valence-corrected chi connectivity index (χ4v) is 6.85. The zero-order chi connectivity index (χ0) is 47.9. The van der Waals surface area contributed by atoms with E-state index in [2.05, 4.69) is 106 Å². The molecule has 0 heterocycles. The normalized spacial score (nSPS) is 13.1. The number of allylic oxidation sites excluding steroid dienone is 20. The van der Waals surface area contributed by atoms with Gasteiger partial charge in [0.05, 0.1) is 0 Å². The average molecular weight is 913 g/mol. The van der Waals surface area contributed by atoms with Crippen molar-refractivity contribution in [3.63, 3.8) is 0 Å². The van der Waals surface area contributed by atoms with E-state index in [0.29, 0.717) is 19.3 Å². The minimum absolute atomic E-state index is 0.110. The molecule has 0 radical (unpaired) electrons. The van der Waals surface area contributed by atoms with Crippen molar-refractivity contribution in [2.75, 3.05) is 13.2 Å². The van der Waals surface area contributed by atoms with Gasteiger partial charge in [-0.05, 0) is 96.3 Å². The van der Waals surface area contributed by atoms with E-state index >= 15 is 0 Å². The van der Waals surface area contributed by atoms with E-state index in [0.717, 1.165) is 109 Å². The first kappa shape index (κ1) is 61.8. The maximum atomic E-state index is 12.8. The summed E-state index contributed by atoms with van der Waals surface area (Å²) in [5.74, 6) is -0.984. The smallest absolute Gasteiger partial charge is 0.306 e. The second-order valence-electron chi connectivity index (χ2n) is 17.2. The molecule has 1 unspecified atom stereocenters. The van der Waals surface area contributed by atoms with Crippen LogP contribution in [0, 0.1) is 0 Å². The molecule has 372 valence electrons.